The Labute approximate surface area is 154 Å². The normalized spacial score (nSPS) is 22.4. The summed E-state index contributed by atoms with van der Waals surface area (Å²) in [4.78, 5) is 19.6. The standard InChI is InChI=1S/C21H27N3O2/c25-21(24-12-10-23(11-13-24)16-4-3-5-16)15-22-9-8-18-17-6-1-2-7-19(17)26-20(18)14-22/h1-2,6-7,16H,3-5,8-15H2. The Morgan fingerprint density at radius 1 is 1.08 bits per heavy atom. The molecule has 3 heterocycles. The fourth-order valence-corrected chi connectivity index (χ4v) is 4.62. The van der Waals surface area contributed by atoms with Gasteiger partial charge >= 0.3 is 0 Å². The van der Waals surface area contributed by atoms with E-state index in [2.05, 4.69) is 26.8 Å². The molecule has 2 aromatic rings. The van der Waals surface area contributed by atoms with Crippen LogP contribution >= 0.6 is 0 Å². The lowest BCUT2D eigenvalue weighted by molar-refractivity contribution is -0.135. The summed E-state index contributed by atoms with van der Waals surface area (Å²) >= 11 is 0. The van der Waals surface area contributed by atoms with Gasteiger partial charge in [-0.2, -0.15) is 0 Å². The van der Waals surface area contributed by atoms with E-state index in [9.17, 15) is 4.79 Å². The average molecular weight is 353 g/mol. The number of piperazine rings is 1. The summed E-state index contributed by atoms with van der Waals surface area (Å²) in [7, 11) is 0. The maximum atomic E-state index is 12.7. The lowest BCUT2D eigenvalue weighted by atomic mass is 9.91. The van der Waals surface area contributed by atoms with Gasteiger partial charge in [0.1, 0.15) is 11.3 Å². The SMILES string of the molecule is O=C(CN1CCc2c(oc3ccccc23)C1)N1CCN(C2CCC2)CC1. The van der Waals surface area contributed by atoms with Gasteiger partial charge < -0.3 is 9.32 Å². The topological polar surface area (TPSA) is 39.9 Å². The van der Waals surface area contributed by atoms with E-state index >= 15 is 0 Å². The van der Waals surface area contributed by atoms with Gasteiger partial charge in [0.05, 0.1) is 13.1 Å². The molecule has 0 unspecified atom stereocenters. The third kappa shape index (κ3) is 2.93. The molecular weight excluding hydrogens is 326 g/mol. The summed E-state index contributed by atoms with van der Waals surface area (Å²) in [5.41, 5.74) is 2.30. The number of nitrogens with zero attached hydrogens (tertiary/aromatic N) is 3. The average Bonchev–Trinajstić information content (AvgIpc) is 2.98. The zero-order valence-electron chi connectivity index (χ0n) is 15.3. The summed E-state index contributed by atoms with van der Waals surface area (Å²) in [5.74, 6) is 1.32. The number of hydrogen-bond donors (Lipinski definition) is 0. The second-order valence-electron chi connectivity index (χ2n) is 7.96. The van der Waals surface area contributed by atoms with Crippen molar-refractivity contribution in [3.05, 3.63) is 35.6 Å². The van der Waals surface area contributed by atoms with Crippen LogP contribution in [0, 0.1) is 0 Å². The monoisotopic (exact) mass is 353 g/mol. The van der Waals surface area contributed by atoms with Gasteiger partial charge in [0.15, 0.2) is 0 Å². The van der Waals surface area contributed by atoms with Gasteiger partial charge in [-0.3, -0.25) is 14.6 Å². The maximum Gasteiger partial charge on any atom is 0.236 e. The van der Waals surface area contributed by atoms with Crippen molar-refractivity contribution in [2.75, 3.05) is 39.3 Å². The number of rotatable bonds is 3. The highest BCUT2D eigenvalue weighted by molar-refractivity contribution is 5.82. The fraction of sp³-hybridized carbons (Fsp3) is 0.571. The lowest BCUT2D eigenvalue weighted by Crippen LogP contribution is -2.55. The molecule has 5 rings (SSSR count). The summed E-state index contributed by atoms with van der Waals surface area (Å²) in [6.07, 6.45) is 5.04. The number of para-hydroxylation sites is 1. The Morgan fingerprint density at radius 2 is 1.88 bits per heavy atom. The van der Waals surface area contributed by atoms with Gasteiger partial charge in [-0.05, 0) is 25.3 Å². The predicted molar refractivity (Wildman–Crippen MR) is 101 cm³/mol. The number of furan rings is 1. The molecule has 5 heteroatoms. The molecule has 1 aliphatic carbocycles. The van der Waals surface area contributed by atoms with Crippen molar-refractivity contribution in [1.82, 2.24) is 14.7 Å². The third-order valence-corrected chi connectivity index (χ3v) is 6.44. The van der Waals surface area contributed by atoms with E-state index < -0.39 is 0 Å². The first-order valence-corrected chi connectivity index (χ1v) is 10.0. The van der Waals surface area contributed by atoms with Crippen LogP contribution in [0.2, 0.25) is 0 Å². The molecule has 1 aromatic carbocycles. The highest BCUT2D eigenvalue weighted by atomic mass is 16.3. The molecule has 0 spiro atoms. The summed E-state index contributed by atoms with van der Waals surface area (Å²) in [6, 6.07) is 9.05. The highest BCUT2D eigenvalue weighted by Gasteiger charge is 2.30. The molecule has 138 valence electrons. The molecule has 5 nitrogen and oxygen atoms in total. The lowest BCUT2D eigenvalue weighted by Gasteiger charge is -2.43. The minimum atomic E-state index is 0.276. The number of carbonyl (C=O) groups is 1. The van der Waals surface area contributed by atoms with Gasteiger partial charge in [-0.1, -0.05) is 24.6 Å². The highest BCUT2D eigenvalue weighted by Crippen LogP contribution is 2.30. The number of fused-ring (bicyclic) bond motifs is 3. The molecule has 0 bridgehead atoms. The Balaban J connectivity index is 1.19. The fourth-order valence-electron chi connectivity index (χ4n) is 4.62. The molecule has 2 aliphatic heterocycles. The van der Waals surface area contributed by atoms with Crippen molar-refractivity contribution in [2.45, 2.75) is 38.3 Å². The summed E-state index contributed by atoms with van der Waals surface area (Å²) < 4.78 is 6.03. The minimum Gasteiger partial charge on any atom is -0.459 e. The van der Waals surface area contributed by atoms with Crippen LogP contribution in [-0.4, -0.2) is 65.9 Å². The van der Waals surface area contributed by atoms with Crippen LogP contribution in [0.4, 0.5) is 0 Å². The summed E-state index contributed by atoms with van der Waals surface area (Å²) in [5, 5.41) is 1.24. The van der Waals surface area contributed by atoms with Gasteiger partial charge in [-0.15, -0.1) is 0 Å². The molecule has 2 fully saturated rings. The van der Waals surface area contributed by atoms with Crippen molar-refractivity contribution in [2.24, 2.45) is 0 Å². The number of carbonyl (C=O) groups excluding carboxylic acids is 1. The van der Waals surface area contributed by atoms with Crippen molar-refractivity contribution in [3.8, 4) is 0 Å². The second kappa shape index (κ2) is 6.71. The van der Waals surface area contributed by atoms with Crippen molar-refractivity contribution >= 4 is 16.9 Å². The van der Waals surface area contributed by atoms with Crippen LogP contribution in [0.25, 0.3) is 11.0 Å². The van der Waals surface area contributed by atoms with Crippen LogP contribution in [0.5, 0.6) is 0 Å². The van der Waals surface area contributed by atoms with E-state index in [4.69, 9.17) is 4.42 Å². The van der Waals surface area contributed by atoms with Gasteiger partial charge in [0, 0.05) is 49.7 Å². The zero-order chi connectivity index (χ0) is 17.5. The van der Waals surface area contributed by atoms with Crippen molar-refractivity contribution in [1.29, 1.82) is 0 Å². The molecule has 1 aromatic heterocycles. The van der Waals surface area contributed by atoms with Crippen molar-refractivity contribution in [3.63, 3.8) is 0 Å². The zero-order valence-corrected chi connectivity index (χ0v) is 15.3. The van der Waals surface area contributed by atoms with Crippen LogP contribution in [0.3, 0.4) is 0 Å². The molecule has 0 radical (unpaired) electrons. The molecule has 26 heavy (non-hydrogen) atoms. The first-order chi connectivity index (χ1) is 12.8. The molecule has 1 saturated carbocycles. The van der Waals surface area contributed by atoms with Crippen LogP contribution in [-0.2, 0) is 17.8 Å². The van der Waals surface area contributed by atoms with Crippen molar-refractivity contribution < 1.29 is 9.21 Å². The molecular formula is C21H27N3O2. The predicted octanol–water partition coefficient (Wildman–Crippen LogP) is 2.49. The Hall–Kier alpha value is -1.85. The Morgan fingerprint density at radius 3 is 2.65 bits per heavy atom. The first-order valence-electron chi connectivity index (χ1n) is 10.0. The van der Waals surface area contributed by atoms with Crippen LogP contribution < -0.4 is 0 Å². The third-order valence-electron chi connectivity index (χ3n) is 6.44. The largest absolute Gasteiger partial charge is 0.459 e. The van der Waals surface area contributed by atoms with E-state index in [0.29, 0.717) is 6.54 Å². The molecule has 0 N–H and O–H groups in total. The van der Waals surface area contributed by atoms with Crippen LogP contribution in [0.1, 0.15) is 30.6 Å². The number of hydrogen-bond acceptors (Lipinski definition) is 4. The van der Waals surface area contributed by atoms with E-state index in [1.165, 1.54) is 30.2 Å². The second-order valence-corrected chi connectivity index (χ2v) is 7.96. The molecule has 0 atom stereocenters. The number of benzene rings is 1. The first kappa shape index (κ1) is 16.3. The molecule has 3 aliphatic rings. The van der Waals surface area contributed by atoms with E-state index in [0.717, 1.165) is 63.1 Å². The van der Waals surface area contributed by atoms with Gasteiger partial charge in [0.2, 0.25) is 5.91 Å². The van der Waals surface area contributed by atoms with E-state index in [1.807, 2.05) is 12.1 Å². The van der Waals surface area contributed by atoms with Gasteiger partial charge in [0.25, 0.3) is 0 Å². The Bertz CT molecular complexity index is 803. The minimum absolute atomic E-state index is 0.276. The van der Waals surface area contributed by atoms with E-state index in [1.54, 1.807) is 0 Å². The van der Waals surface area contributed by atoms with Crippen LogP contribution in [0.15, 0.2) is 28.7 Å². The smallest absolute Gasteiger partial charge is 0.236 e. The Kier molecular flexibility index (Phi) is 4.21. The molecule has 1 saturated heterocycles. The van der Waals surface area contributed by atoms with Gasteiger partial charge in [-0.25, -0.2) is 0 Å². The molecule has 1 amide bonds. The van der Waals surface area contributed by atoms with E-state index in [-0.39, 0.29) is 5.91 Å². The number of amides is 1. The maximum absolute atomic E-state index is 12.7. The summed E-state index contributed by atoms with van der Waals surface area (Å²) in [6.45, 7) is 6.06. The quantitative estimate of drug-likeness (QED) is 0.850.